The second kappa shape index (κ2) is 9.36. The summed E-state index contributed by atoms with van der Waals surface area (Å²) in [5, 5.41) is 5.62. The van der Waals surface area contributed by atoms with Crippen molar-refractivity contribution in [2.75, 3.05) is 58.8 Å². The average Bonchev–Trinajstić information content (AvgIpc) is 2.79. The lowest BCUT2D eigenvalue weighted by atomic mass is 10.00. The zero-order chi connectivity index (χ0) is 21.8. The van der Waals surface area contributed by atoms with Crippen LogP contribution in [0.4, 0.5) is 5.69 Å². The van der Waals surface area contributed by atoms with Crippen LogP contribution in [0, 0.1) is 0 Å². The third-order valence-corrected chi connectivity index (χ3v) is 5.69. The summed E-state index contributed by atoms with van der Waals surface area (Å²) in [5.74, 6) is 1.18. The molecule has 1 atom stereocenters. The average molecular weight is 425 g/mol. The molecule has 0 unspecified atom stereocenters. The lowest BCUT2D eigenvalue weighted by molar-refractivity contribution is -0.118. The van der Waals surface area contributed by atoms with Gasteiger partial charge in [-0.3, -0.25) is 19.4 Å². The number of anilines is 1. The monoisotopic (exact) mass is 424 g/mol. The number of hydrogen-bond donors (Lipinski definition) is 2. The van der Waals surface area contributed by atoms with Gasteiger partial charge in [-0.15, -0.1) is 0 Å². The van der Waals surface area contributed by atoms with Crippen LogP contribution in [-0.2, 0) is 4.79 Å². The van der Waals surface area contributed by atoms with E-state index in [-0.39, 0.29) is 17.9 Å². The molecule has 1 fully saturated rings. The minimum absolute atomic E-state index is 0.0703. The molecule has 0 radical (unpaired) electrons. The molecule has 0 spiro atoms. The van der Waals surface area contributed by atoms with Gasteiger partial charge < -0.3 is 20.1 Å². The maximum absolute atomic E-state index is 12.7. The minimum atomic E-state index is -0.101. The van der Waals surface area contributed by atoms with E-state index in [0.717, 1.165) is 18.7 Å². The van der Waals surface area contributed by atoms with Crippen molar-refractivity contribution in [2.24, 2.45) is 0 Å². The molecule has 4 rings (SSSR count). The van der Waals surface area contributed by atoms with Crippen LogP contribution >= 0.6 is 0 Å². The molecule has 2 aliphatic rings. The summed E-state index contributed by atoms with van der Waals surface area (Å²) in [5.41, 5.74) is 2.40. The zero-order valence-electron chi connectivity index (χ0n) is 17.9. The van der Waals surface area contributed by atoms with Gasteiger partial charge in [-0.25, -0.2) is 0 Å². The van der Waals surface area contributed by atoms with Crippen molar-refractivity contribution in [3.63, 3.8) is 0 Å². The molecule has 31 heavy (non-hydrogen) atoms. The predicted molar refractivity (Wildman–Crippen MR) is 118 cm³/mol. The standard InChI is InChI=1S/C23H28N4O4/c1-24-23(29)17-5-3-4-16(12-17)19-14-27(9-8-26(19)2)15-22(28)25-18-6-7-20-21(13-18)31-11-10-30-20/h3-7,12-13,19H,8-11,14-15H2,1-2H3,(H,24,29)(H,25,28)/t19-/m0/s1. The van der Waals surface area contributed by atoms with Gasteiger partial charge in [-0.2, -0.15) is 0 Å². The molecule has 8 nitrogen and oxygen atoms in total. The van der Waals surface area contributed by atoms with Crippen molar-refractivity contribution < 1.29 is 19.1 Å². The Morgan fingerprint density at radius 3 is 2.68 bits per heavy atom. The minimum Gasteiger partial charge on any atom is -0.486 e. The molecule has 0 bridgehead atoms. The molecule has 2 amide bonds. The van der Waals surface area contributed by atoms with Crippen molar-refractivity contribution in [1.82, 2.24) is 15.1 Å². The first kappa shape index (κ1) is 21.1. The largest absolute Gasteiger partial charge is 0.486 e. The van der Waals surface area contributed by atoms with Crippen LogP contribution in [0.15, 0.2) is 42.5 Å². The Hall–Kier alpha value is -3.10. The van der Waals surface area contributed by atoms with E-state index in [2.05, 4.69) is 27.5 Å². The lowest BCUT2D eigenvalue weighted by Gasteiger charge is -2.39. The highest BCUT2D eigenvalue weighted by molar-refractivity contribution is 5.94. The molecule has 8 heteroatoms. The van der Waals surface area contributed by atoms with Crippen molar-refractivity contribution in [1.29, 1.82) is 0 Å². The number of rotatable bonds is 5. The number of hydrogen-bond acceptors (Lipinski definition) is 6. The summed E-state index contributed by atoms with van der Waals surface area (Å²) in [7, 11) is 3.70. The van der Waals surface area contributed by atoms with Crippen molar-refractivity contribution in [2.45, 2.75) is 6.04 Å². The second-order valence-corrected chi connectivity index (χ2v) is 7.84. The topological polar surface area (TPSA) is 83.1 Å². The number of piperazine rings is 1. The molecular weight excluding hydrogens is 396 g/mol. The molecule has 2 heterocycles. The summed E-state index contributed by atoms with van der Waals surface area (Å²) in [6.45, 7) is 3.70. The van der Waals surface area contributed by atoms with E-state index >= 15 is 0 Å². The fourth-order valence-corrected chi connectivity index (χ4v) is 3.99. The number of fused-ring (bicyclic) bond motifs is 1. The lowest BCUT2D eigenvalue weighted by Crippen LogP contribution is -2.48. The second-order valence-electron chi connectivity index (χ2n) is 7.84. The van der Waals surface area contributed by atoms with Crippen LogP contribution in [0.3, 0.4) is 0 Å². The first-order valence-corrected chi connectivity index (χ1v) is 10.5. The van der Waals surface area contributed by atoms with E-state index < -0.39 is 0 Å². The van der Waals surface area contributed by atoms with Gasteiger partial charge in [0.25, 0.3) is 5.91 Å². The quantitative estimate of drug-likeness (QED) is 0.761. The maximum atomic E-state index is 12.7. The van der Waals surface area contributed by atoms with E-state index in [1.54, 1.807) is 13.1 Å². The number of carbonyl (C=O) groups is 2. The molecule has 2 aliphatic heterocycles. The Labute approximate surface area is 182 Å². The molecule has 164 valence electrons. The number of ether oxygens (including phenoxy) is 2. The first-order chi connectivity index (χ1) is 15.0. The summed E-state index contributed by atoms with van der Waals surface area (Å²) in [6, 6.07) is 13.2. The number of nitrogens with zero attached hydrogens (tertiary/aromatic N) is 2. The van der Waals surface area contributed by atoms with E-state index in [1.165, 1.54) is 0 Å². The predicted octanol–water partition coefficient (Wildman–Crippen LogP) is 1.74. The number of likely N-dealkylation sites (N-methyl/N-ethyl adjacent to an activating group) is 1. The van der Waals surface area contributed by atoms with E-state index in [1.807, 2.05) is 36.4 Å². The summed E-state index contributed by atoms with van der Waals surface area (Å²) in [6.07, 6.45) is 0. The Kier molecular flexibility index (Phi) is 6.39. The van der Waals surface area contributed by atoms with Crippen LogP contribution in [0.1, 0.15) is 22.0 Å². The summed E-state index contributed by atoms with van der Waals surface area (Å²) in [4.78, 5) is 29.1. The Morgan fingerprint density at radius 2 is 1.87 bits per heavy atom. The van der Waals surface area contributed by atoms with Crippen LogP contribution in [0.2, 0.25) is 0 Å². The van der Waals surface area contributed by atoms with Gasteiger partial charge in [0.1, 0.15) is 13.2 Å². The fraction of sp³-hybridized carbons (Fsp3) is 0.391. The van der Waals surface area contributed by atoms with Crippen molar-refractivity contribution >= 4 is 17.5 Å². The third kappa shape index (κ3) is 4.98. The number of benzene rings is 2. The van der Waals surface area contributed by atoms with Gasteiger partial charge in [0, 0.05) is 50.0 Å². The highest BCUT2D eigenvalue weighted by Gasteiger charge is 2.27. The van der Waals surface area contributed by atoms with Crippen LogP contribution in [-0.4, -0.2) is 75.1 Å². The molecule has 2 N–H and O–H groups in total. The molecule has 2 aromatic carbocycles. The fourth-order valence-electron chi connectivity index (χ4n) is 3.99. The Morgan fingerprint density at radius 1 is 1.06 bits per heavy atom. The van der Waals surface area contributed by atoms with E-state index in [9.17, 15) is 9.59 Å². The number of amides is 2. The SMILES string of the molecule is CNC(=O)c1cccc([C@@H]2CN(CC(=O)Nc3ccc4c(c3)OCCO4)CCN2C)c1. The van der Waals surface area contributed by atoms with E-state index in [0.29, 0.717) is 49.1 Å². The van der Waals surface area contributed by atoms with Gasteiger partial charge in [-0.1, -0.05) is 12.1 Å². The van der Waals surface area contributed by atoms with Gasteiger partial charge in [-0.05, 0) is 36.9 Å². The number of carbonyl (C=O) groups excluding carboxylic acids is 2. The van der Waals surface area contributed by atoms with Crippen LogP contribution in [0.5, 0.6) is 11.5 Å². The molecule has 0 aliphatic carbocycles. The van der Waals surface area contributed by atoms with Crippen molar-refractivity contribution in [3.8, 4) is 11.5 Å². The molecule has 0 aromatic heterocycles. The molecular formula is C23H28N4O4. The van der Waals surface area contributed by atoms with E-state index in [4.69, 9.17) is 9.47 Å². The highest BCUT2D eigenvalue weighted by atomic mass is 16.6. The van der Waals surface area contributed by atoms with Gasteiger partial charge in [0.2, 0.25) is 5.91 Å². The van der Waals surface area contributed by atoms with Gasteiger partial charge in [0.15, 0.2) is 11.5 Å². The zero-order valence-corrected chi connectivity index (χ0v) is 17.9. The van der Waals surface area contributed by atoms with Crippen LogP contribution < -0.4 is 20.1 Å². The van der Waals surface area contributed by atoms with Gasteiger partial charge in [0.05, 0.1) is 6.54 Å². The molecule has 2 aromatic rings. The first-order valence-electron chi connectivity index (χ1n) is 10.5. The number of nitrogens with one attached hydrogen (secondary N) is 2. The normalized spacial score (nSPS) is 19.0. The van der Waals surface area contributed by atoms with Crippen molar-refractivity contribution in [3.05, 3.63) is 53.6 Å². The van der Waals surface area contributed by atoms with Crippen LogP contribution in [0.25, 0.3) is 0 Å². The smallest absolute Gasteiger partial charge is 0.251 e. The third-order valence-electron chi connectivity index (χ3n) is 5.69. The Bertz CT molecular complexity index is 964. The molecule has 1 saturated heterocycles. The maximum Gasteiger partial charge on any atom is 0.251 e. The van der Waals surface area contributed by atoms with Gasteiger partial charge >= 0.3 is 0 Å². The summed E-state index contributed by atoms with van der Waals surface area (Å²) < 4.78 is 11.1. The highest BCUT2D eigenvalue weighted by Crippen LogP contribution is 2.32. The summed E-state index contributed by atoms with van der Waals surface area (Å²) >= 11 is 0. The molecule has 0 saturated carbocycles. The Balaban J connectivity index is 1.39.